The molecule has 1 aromatic heterocycles. The molecule has 0 fully saturated rings. The van der Waals surface area contributed by atoms with E-state index in [1.807, 2.05) is 7.85 Å². The van der Waals surface area contributed by atoms with Crippen molar-refractivity contribution in [3.05, 3.63) is 40.4 Å². The van der Waals surface area contributed by atoms with E-state index in [9.17, 15) is 18.0 Å². The van der Waals surface area contributed by atoms with Gasteiger partial charge in [-0.25, -0.2) is 9.78 Å². The molecule has 0 aliphatic carbocycles. The second-order valence-corrected chi connectivity index (χ2v) is 5.44. The van der Waals surface area contributed by atoms with Crippen molar-refractivity contribution in [2.45, 2.75) is 19.4 Å². The molecule has 0 spiro atoms. The lowest BCUT2D eigenvalue weighted by atomic mass is 10.0. The summed E-state index contributed by atoms with van der Waals surface area (Å²) in [6.07, 6.45) is -3.82. The maximum Gasteiger partial charge on any atom is 0.416 e. The van der Waals surface area contributed by atoms with E-state index in [0.29, 0.717) is 27.5 Å². The number of alkyl halides is 3. The molecule has 2 rings (SSSR count). The fourth-order valence-corrected chi connectivity index (χ4v) is 2.93. The van der Waals surface area contributed by atoms with Crippen LogP contribution in [0.3, 0.4) is 0 Å². The number of ether oxygens (including phenoxy) is 1. The van der Waals surface area contributed by atoms with Crippen LogP contribution < -0.4 is 0 Å². The molecule has 0 amide bonds. The van der Waals surface area contributed by atoms with Crippen LogP contribution in [-0.2, 0) is 17.2 Å². The number of thiazole rings is 1. The number of rotatable bonds is 4. The second-order valence-electron chi connectivity index (χ2n) is 4.44. The molecule has 0 bridgehead atoms. The van der Waals surface area contributed by atoms with Crippen LogP contribution in [0, 0.1) is 0 Å². The third kappa shape index (κ3) is 3.49. The molecule has 1 heterocycles. The normalized spacial score (nSPS) is 11.5. The Labute approximate surface area is 130 Å². The van der Waals surface area contributed by atoms with Gasteiger partial charge in [0.15, 0.2) is 0 Å². The minimum absolute atomic E-state index is 0.259. The predicted molar refractivity (Wildman–Crippen MR) is 80.8 cm³/mol. The lowest BCUT2D eigenvalue weighted by Gasteiger charge is -2.06. The molecule has 0 saturated carbocycles. The van der Waals surface area contributed by atoms with Gasteiger partial charge in [-0.1, -0.05) is 12.1 Å². The Morgan fingerprint density at radius 1 is 1.32 bits per heavy atom. The zero-order valence-electron chi connectivity index (χ0n) is 12.0. The van der Waals surface area contributed by atoms with Gasteiger partial charge < -0.3 is 4.74 Å². The summed E-state index contributed by atoms with van der Waals surface area (Å²) in [5.74, 6) is -0.449. The molecule has 0 atom stereocenters. The highest BCUT2D eigenvalue weighted by atomic mass is 32.1. The molecule has 0 aliphatic rings. The first-order valence-electron chi connectivity index (χ1n) is 6.71. The van der Waals surface area contributed by atoms with Crippen molar-refractivity contribution in [1.29, 1.82) is 0 Å². The van der Waals surface area contributed by atoms with Crippen LogP contribution in [0.5, 0.6) is 0 Å². The Morgan fingerprint density at radius 2 is 1.95 bits per heavy atom. The van der Waals surface area contributed by atoms with E-state index in [1.165, 1.54) is 12.1 Å². The van der Waals surface area contributed by atoms with E-state index < -0.39 is 17.7 Å². The standard InChI is InChI=1S/C14H13BF3NO2S/c1-2-21-13(20)11-10(7-15)19-12(22-11)8-3-5-9(6-4-8)14(16,17)18/h3-6H,2,7,15H2,1H3. The average molecular weight is 327 g/mol. The maximum atomic E-state index is 12.6. The molecular formula is C14H13BF3NO2S. The molecule has 116 valence electrons. The number of benzene rings is 1. The van der Waals surface area contributed by atoms with Crippen LogP contribution in [0.2, 0.25) is 0 Å². The SMILES string of the molecule is BCc1nc(-c2ccc(C(F)(F)F)cc2)sc1C(=O)OCC. The quantitative estimate of drug-likeness (QED) is 0.640. The topological polar surface area (TPSA) is 39.2 Å². The van der Waals surface area contributed by atoms with Crippen molar-refractivity contribution in [3.63, 3.8) is 0 Å². The number of carbonyl (C=O) groups excluding carboxylic acids is 1. The van der Waals surface area contributed by atoms with Crippen LogP contribution >= 0.6 is 11.3 Å². The zero-order valence-corrected chi connectivity index (χ0v) is 12.8. The van der Waals surface area contributed by atoms with Gasteiger partial charge in [-0.2, -0.15) is 13.2 Å². The summed E-state index contributed by atoms with van der Waals surface area (Å²) in [6, 6.07) is 4.73. The number of nitrogens with zero attached hydrogens (tertiary/aromatic N) is 1. The first-order valence-corrected chi connectivity index (χ1v) is 7.52. The maximum absolute atomic E-state index is 12.6. The monoisotopic (exact) mass is 327 g/mol. The van der Waals surface area contributed by atoms with Crippen molar-refractivity contribution in [3.8, 4) is 10.6 Å². The van der Waals surface area contributed by atoms with Crippen molar-refractivity contribution >= 4 is 25.2 Å². The summed E-state index contributed by atoms with van der Waals surface area (Å²) in [6.45, 7) is 1.97. The van der Waals surface area contributed by atoms with Crippen LogP contribution in [0.1, 0.15) is 27.9 Å². The fourth-order valence-electron chi connectivity index (χ4n) is 1.87. The van der Waals surface area contributed by atoms with Gasteiger partial charge in [0.2, 0.25) is 0 Å². The molecule has 0 N–H and O–H groups in total. The van der Waals surface area contributed by atoms with E-state index in [2.05, 4.69) is 4.98 Å². The van der Waals surface area contributed by atoms with Gasteiger partial charge in [-0.15, -0.1) is 11.3 Å². The molecular weight excluding hydrogens is 314 g/mol. The van der Waals surface area contributed by atoms with Gasteiger partial charge in [-0.05, 0) is 25.4 Å². The highest BCUT2D eigenvalue weighted by molar-refractivity contribution is 7.17. The molecule has 22 heavy (non-hydrogen) atoms. The van der Waals surface area contributed by atoms with Gasteiger partial charge >= 0.3 is 12.1 Å². The Balaban J connectivity index is 2.35. The van der Waals surface area contributed by atoms with Crippen LogP contribution in [0.15, 0.2) is 24.3 Å². The minimum atomic E-state index is -4.37. The predicted octanol–water partition coefficient (Wildman–Crippen LogP) is 3.14. The zero-order chi connectivity index (χ0) is 16.3. The van der Waals surface area contributed by atoms with Crippen molar-refractivity contribution in [1.82, 2.24) is 4.98 Å². The summed E-state index contributed by atoms with van der Waals surface area (Å²) < 4.78 is 42.6. The smallest absolute Gasteiger partial charge is 0.416 e. The van der Waals surface area contributed by atoms with Crippen molar-refractivity contribution in [2.75, 3.05) is 6.61 Å². The molecule has 0 unspecified atom stereocenters. The largest absolute Gasteiger partial charge is 0.462 e. The Hall–Kier alpha value is -1.83. The number of aromatic nitrogens is 1. The molecule has 8 heteroatoms. The number of hydrogen-bond acceptors (Lipinski definition) is 4. The van der Waals surface area contributed by atoms with Gasteiger partial charge in [0.1, 0.15) is 17.7 Å². The Kier molecular flexibility index (Phi) is 4.90. The summed E-state index contributed by atoms with van der Waals surface area (Å²) in [5, 5.41) is 0.508. The summed E-state index contributed by atoms with van der Waals surface area (Å²) in [4.78, 5) is 16.6. The number of carbonyl (C=O) groups is 1. The van der Waals surface area contributed by atoms with E-state index in [-0.39, 0.29) is 6.61 Å². The van der Waals surface area contributed by atoms with E-state index in [4.69, 9.17) is 4.74 Å². The third-order valence-corrected chi connectivity index (χ3v) is 4.08. The number of halogens is 3. The van der Waals surface area contributed by atoms with Crippen LogP contribution in [-0.4, -0.2) is 25.4 Å². The molecule has 3 nitrogen and oxygen atoms in total. The van der Waals surface area contributed by atoms with Crippen LogP contribution in [0.25, 0.3) is 10.6 Å². The van der Waals surface area contributed by atoms with Crippen molar-refractivity contribution in [2.24, 2.45) is 0 Å². The first-order chi connectivity index (χ1) is 10.4. The first kappa shape index (κ1) is 16.5. The lowest BCUT2D eigenvalue weighted by molar-refractivity contribution is -0.137. The Bertz CT molecular complexity index is 668. The molecule has 0 saturated heterocycles. The lowest BCUT2D eigenvalue weighted by Crippen LogP contribution is -2.05. The minimum Gasteiger partial charge on any atom is -0.462 e. The summed E-state index contributed by atoms with van der Waals surface area (Å²) >= 11 is 1.13. The van der Waals surface area contributed by atoms with Crippen molar-refractivity contribution < 1.29 is 22.7 Å². The highest BCUT2D eigenvalue weighted by Crippen LogP contribution is 2.33. The highest BCUT2D eigenvalue weighted by Gasteiger charge is 2.30. The molecule has 1 aromatic carbocycles. The number of esters is 1. The third-order valence-electron chi connectivity index (χ3n) is 2.95. The molecule has 2 aromatic rings. The van der Waals surface area contributed by atoms with Crippen LogP contribution in [0.4, 0.5) is 13.2 Å². The number of hydrogen-bond donors (Lipinski definition) is 0. The molecule has 0 radical (unpaired) electrons. The van der Waals surface area contributed by atoms with Gasteiger partial charge in [0.05, 0.1) is 17.9 Å². The second kappa shape index (κ2) is 6.52. The van der Waals surface area contributed by atoms with Gasteiger partial charge in [-0.3, -0.25) is 0 Å². The van der Waals surface area contributed by atoms with E-state index in [0.717, 1.165) is 23.5 Å². The average Bonchev–Trinajstić information content (AvgIpc) is 2.91. The molecule has 0 aliphatic heterocycles. The van der Waals surface area contributed by atoms with E-state index in [1.54, 1.807) is 6.92 Å². The fraction of sp³-hybridized carbons (Fsp3) is 0.286. The van der Waals surface area contributed by atoms with Gasteiger partial charge in [0, 0.05) is 5.56 Å². The van der Waals surface area contributed by atoms with Gasteiger partial charge in [0.25, 0.3) is 0 Å². The summed E-state index contributed by atoms with van der Waals surface area (Å²) in [5.41, 5.74) is 0.427. The Morgan fingerprint density at radius 3 is 2.45 bits per heavy atom. The summed E-state index contributed by atoms with van der Waals surface area (Å²) in [7, 11) is 1.86. The van der Waals surface area contributed by atoms with E-state index >= 15 is 0 Å².